The van der Waals surface area contributed by atoms with E-state index in [4.69, 9.17) is 15.9 Å². The molecule has 0 aliphatic rings. The summed E-state index contributed by atoms with van der Waals surface area (Å²) in [5.41, 5.74) is 5.07. The average molecular weight is 148 g/mol. The smallest absolute Gasteiger partial charge is 0.404 e. The molecule has 5 N–H and O–H groups in total. The maximum Gasteiger partial charge on any atom is 0.404 e. The third-order valence-electron chi connectivity index (χ3n) is 1.17. The Morgan fingerprint density at radius 1 is 1.80 bits per heavy atom. The summed E-state index contributed by atoms with van der Waals surface area (Å²) in [5.74, 6) is 0. The predicted octanol–water partition coefficient (Wildman–Crippen LogP) is -1.04. The largest absolute Gasteiger partial charge is 0.465 e. The van der Waals surface area contributed by atoms with Crippen molar-refractivity contribution in [2.24, 2.45) is 5.73 Å². The van der Waals surface area contributed by atoms with Gasteiger partial charge in [0, 0.05) is 6.54 Å². The fourth-order valence-corrected chi connectivity index (χ4v) is 0.495. The highest BCUT2D eigenvalue weighted by molar-refractivity contribution is 5.64. The Hall–Kier alpha value is -0.810. The summed E-state index contributed by atoms with van der Waals surface area (Å²) in [6, 6.07) is -0.512. The third kappa shape index (κ3) is 3.26. The van der Waals surface area contributed by atoms with Gasteiger partial charge in [-0.1, -0.05) is 0 Å². The Morgan fingerprint density at radius 2 is 2.30 bits per heavy atom. The highest BCUT2D eigenvalue weighted by Gasteiger charge is 2.13. The minimum Gasteiger partial charge on any atom is -0.465 e. The molecule has 0 saturated carbocycles. The van der Waals surface area contributed by atoms with Crippen LogP contribution in [0.5, 0.6) is 0 Å². The van der Waals surface area contributed by atoms with Gasteiger partial charge in [-0.15, -0.1) is 0 Å². The fourth-order valence-electron chi connectivity index (χ4n) is 0.495. The van der Waals surface area contributed by atoms with Crippen molar-refractivity contribution in [1.29, 1.82) is 0 Å². The van der Waals surface area contributed by atoms with Gasteiger partial charge in [0.15, 0.2) is 0 Å². The van der Waals surface area contributed by atoms with E-state index in [0.717, 1.165) is 0 Å². The van der Waals surface area contributed by atoms with Gasteiger partial charge in [0.2, 0.25) is 0 Å². The van der Waals surface area contributed by atoms with Crippen molar-refractivity contribution in [2.75, 3.05) is 6.54 Å². The molecule has 60 valence electrons. The van der Waals surface area contributed by atoms with Crippen LogP contribution in [0.1, 0.15) is 6.92 Å². The van der Waals surface area contributed by atoms with Gasteiger partial charge in [-0.05, 0) is 6.92 Å². The number of nitrogens with one attached hydrogen (secondary N) is 1. The molecule has 0 aliphatic heterocycles. The van der Waals surface area contributed by atoms with Gasteiger partial charge < -0.3 is 21.3 Å². The Balaban J connectivity index is 3.61. The number of carbonyl (C=O) groups is 1. The van der Waals surface area contributed by atoms with Gasteiger partial charge in [0.25, 0.3) is 0 Å². The maximum absolute atomic E-state index is 9.97. The van der Waals surface area contributed by atoms with E-state index in [-0.39, 0.29) is 6.54 Å². The van der Waals surface area contributed by atoms with Crippen LogP contribution in [0.15, 0.2) is 0 Å². The number of aliphatic hydroxyl groups is 1. The minimum atomic E-state index is -1.15. The van der Waals surface area contributed by atoms with E-state index >= 15 is 0 Å². The van der Waals surface area contributed by atoms with E-state index in [9.17, 15) is 4.79 Å². The number of hydrogen-bond acceptors (Lipinski definition) is 3. The monoisotopic (exact) mass is 148 g/mol. The lowest BCUT2D eigenvalue weighted by Crippen LogP contribution is -2.43. The molecule has 0 radical (unpaired) electrons. The molecule has 0 heterocycles. The Morgan fingerprint density at radius 3 is 2.60 bits per heavy atom. The summed E-state index contributed by atoms with van der Waals surface area (Å²) >= 11 is 0. The summed E-state index contributed by atoms with van der Waals surface area (Å²) in [6.07, 6.45) is -1.96. The summed E-state index contributed by atoms with van der Waals surface area (Å²) in [4.78, 5) is 9.97. The molecule has 0 aliphatic carbocycles. The molecule has 0 aromatic rings. The number of carboxylic acid groups (broad SMARTS) is 1. The Kier molecular flexibility index (Phi) is 3.75. The number of amides is 1. The molecule has 0 bridgehead atoms. The first kappa shape index (κ1) is 9.19. The van der Waals surface area contributed by atoms with Crippen LogP contribution in [-0.4, -0.2) is 35.0 Å². The SMILES string of the molecule is C[C@H](NC(=O)O)[C@H](O)CN. The highest BCUT2D eigenvalue weighted by Crippen LogP contribution is 1.88. The number of rotatable bonds is 3. The lowest BCUT2D eigenvalue weighted by atomic mass is 10.2. The van der Waals surface area contributed by atoms with Gasteiger partial charge in [-0.2, -0.15) is 0 Å². The summed E-state index contributed by atoms with van der Waals surface area (Å²) < 4.78 is 0. The van der Waals surface area contributed by atoms with Crippen LogP contribution in [0.3, 0.4) is 0 Å². The van der Waals surface area contributed by atoms with Crippen molar-refractivity contribution in [3.8, 4) is 0 Å². The predicted molar refractivity (Wildman–Crippen MR) is 35.7 cm³/mol. The highest BCUT2D eigenvalue weighted by atomic mass is 16.4. The van der Waals surface area contributed by atoms with E-state index in [2.05, 4.69) is 5.32 Å². The zero-order valence-corrected chi connectivity index (χ0v) is 5.74. The summed E-state index contributed by atoms with van der Waals surface area (Å²) in [6.45, 7) is 1.60. The second kappa shape index (κ2) is 4.08. The molecule has 0 aromatic carbocycles. The number of nitrogens with two attached hydrogens (primary N) is 1. The third-order valence-corrected chi connectivity index (χ3v) is 1.17. The Labute approximate surface area is 58.8 Å². The maximum atomic E-state index is 9.97. The summed E-state index contributed by atoms with van der Waals surface area (Å²) in [7, 11) is 0. The van der Waals surface area contributed by atoms with Crippen LogP contribution in [0.2, 0.25) is 0 Å². The van der Waals surface area contributed by atoms with Crippen LogP contribution < -0.4 is 11.1 Å². The lowest BCUT2D eigenvalue weighted by molar-refractivity contribution is 0.132. The molecule has 0 fully saturated rings. The van der Waals surface area contributed by atoms with Crippen molar-refractivity contribution in [3.05, 3.63) is 0 Å². The van der Waals surface area contributed by atoms with Gasteiger partial charge in [0.1, 0.15) is 0 Å². The standard InChI is InChI=1S/C5H12N2O3/c1-3(4(8)2-6)7-5(9)10/h3-4,7-8H,2,6H2,1H3,(H,9,10)/t3-,4+/m0/s1. The van der Waals surface area contributed by atoms with Crippen molar-refractivity contribution in [1.82, 2.24) is 5.32 Å². The van der Waals surface area contributed by atoms with Crippen LogP contribution in [-0.2, 0) is 0 Å². The second-order valence-corrected chi connectivity index (χ2v) is 2.04. The zero-order valence-electron chi connectivity index (χ0n) is 5.74. The van der Waals surface area contributed by atoms with Crippen molar-refractivity contribution < 1.29 is 15.0 Å². The first-order chi connectivity index (χ1) is 4.57. The van der Waals surface area contributed by atoms with Crippen LogP contribution in [0.4, 0.5) is 4.79 Å². The van der Waals surface area contributed by atoms with Crippen molar-refractivity contribution >= 4 is 6.09 Å². The molecular formula is C5H12N2O3. The average Bonchev–Trinajstić information content (AvgIpc) is 1.85. The van der Waals surface area contributed by atoms with Crippen LogP contribution in [0, 0.1) is 0 Å². The van der Waals surface area contributed by atoms with E-state index in [0.29, 0.717) is 0 Å². The molecular weight excluding hydrogens is 136 g/mol. The van der Waals surface area contributed by atoms with Crippen LogP contribution in [0.25, 0.3) is 0 Å². The minimum absolute atomic E-state index is 0.0570. The topological polar surface area (TPSA) is 95.6 Å². The molecule has 0 rings (SSSR count). The number of aliphatic hydroxyl groups excluding tert-OH is 1. The molecule has 10 heavy (non-hydrogen) atoms. The molecule has 0 aromatic heterocycles. The zero-order chi connectivity index (χ0) is 8.15. The van der Waals surface area contributed by atoms with Gasteiger partial charge in [-0.3, -0.25) is 0 Å². The molecule has 2 atom stereocenters. The molecule has 0 saturated heterocycles. The lowest BCUT2D eigenvalue weighted by Gasteiger charge is -2.15. The van der Waals surface area contributed by atoms with Crippen molar-refractivity contribution in [3.63, 3.8) is 0 Å². The van der Waals surface area contributed by atoms with Crippen molar-refractivity contribution in [2.45, 2.75) is 19.1 Å². The van der Waals surface area contributed by atoms with E-state index in [1.165, 1.54) is 0 Å². The molecule has 5 nitrogen and oxygen atoms in total. The molecule has 0 unspecified atom stereocenters. The van der Waals surface area contributed by atoms with Gasteiger partial charge in [-0.25, -0.2) is 4.79 Å². The van der Waals surface area contributed by atoms with E-state index < -0.39 is 18.2 Å². The summed E-state index contributed by atoms with van der Waals surface area (Å²) in [5, 5.41) is 19.2. The van der Waals surface area contributed by atoms with E-state index in [1.54, 1.807) is 6.92 Å². The van der Waals surface area contributed by atoms with E-state index in [1.807, 2.05) is 0 Å². The van der Waals surface area contributed by atoms with Crippen LogP contribution >= 0.6 is 0 Å². The molecule has 0 spiro atoms. The van der Waals surface area contributed by atoms with Gasteiger partial charge >= 0.3 is 6.09 Å². The first-order valence-electron chi connectivity index (χ1n) is 2.95. The quantitative estimate of drug-likeness (QED) is 0.411. The second-order valence-electron chi connectivity index (χ2n) is 2.04. The van der Waals surface area contributed by atoms with Gasteiger partial charge in [0.05, 0.1) is 12.1 Å². The molecule has 5 heteroatoms. The number of hydrogen-bond donors (Lipinski definition) is 4. The fraction of sp³-hybridized carbons (Fsp3) is 0.800. The Bertz CT molecular complexity index is 117. The normalized spacial score (nSPS) is 15.9. The first-order valence-corrected chi connectivity index (χ1v) is 2.95. The molecule has 1 amide bonds.